The van der Waals surface area contributed by atoms with Gasteiger partial charge in [-0.1, -0.05) is 29.8 Å². The summed E-state index contributed by atoms with van der Waals surface area (Å²) in [5, 5.41) is 2.10. The molecule has 2 heterocycles. The predicted octanol–water partition coefficient (Wildman–Crippen LogP) is 3.16. The van der Waals surface area contributed by atoms with Crippen LogP contribution in [0, 0.1) is 6.92 Å². The molecule has 29 heavy (non-hydrogen) atoms. The Hall–Kier alpha value is -2.38. The molecule has 0 bridgehead atoms. The number of amides is 3. The monoisotopic (exact) mass is 415 g/mol. The maximum atomic E-state index is 13.4. The molecule has 2 aromatic rings. The van der Waals surface area contributed by atoms with Crippen LogP contribution in [0.25, 0.3) is 0 Å². The van der Waals surface area contributed by atoms with Crippen LogP contribution in [-0.2, 0) is 16.0 Å². The van der Waals surface area contributed by atoms with Crippen LogP contribution >= 0.6 is 11.3 Å². The highest BCUT2D eigenvalue weighted by Gasteiger charge is 2.34. The molecular formula is C22H29N3O3S. The lowest BCUT2D eigenvalue weighted by molar-refractivity contribution is -0.134. The summed E-state index contributed by atoms with van der Waals surface area (Å²) in [7, 11) is 4.98. The van der Waals surface area contributed by atoms with Gasteiger partial charge in [0.2, 0.25) is 5.91 Å². The summed E-state index contributed by atoms with van der Waals surface area (Å²) in [6.45, 7) is 3.53. The molecular weight excluding hydrogens is 386 g/mol. The van der Waals surface area contributed by atoms with E-state index in [-0.39, 0.29) is 24.5 Å². The minimum absolute atomic E-state index is 0.0428. The quantitative estimate of drug-likeness (QED) is 0.728. The number of methoxy groups -OCH3 is 1. The molecule has 7 heteroatoms. The topological polar surface area (TPSA) is 53.1 Å². The average Bonchev–Trinajstić information content (AvgIpc) is 3.19. The SMILES string of the molecule is COCCN(CC(=O)N1CCc2sccc2C1c1ccc(C)cc1)C(=O)N(C)C. The van der Waals surface area contributed by atoms with Crippen LogP contribution in [0.1, 0.15) is 27.6 Å². The second-order valence-corrected chi connectivity index (χ2v) is 8.54. The summed E-state index contributed by atoms with van der Waals surface area (Å²) in [6, 6.07) is 10.2. The molecule has 3 rings (SSSR count). The maximum Gasteiger partial charge on any atom is 0.320 e. The van der Waals surface area contributed by atoms with Gasteiger partial charge in [0.1, 0.15) is 6.54 Å². The number of hydrogen-bond donors (Lipinski definition) is 0. The number of fused-ring (bicyclic) bond motifs is 1. The van der Waals surface area contributed by atoms with Crippen LogP contribution in [0.5, 0.6) is 0 Å². The Kier molecular flexibility index (Phi) is 6.92. The van der Waals surface area contributed by atoms with Crippen molar-refractivity contribution in [3.63, 3.8) is 0 Å². The lowest BCUT2D eigenvalue weighted by Gasteiger charge is -2.38. The fraction of sp³-hybridized carbons (Fsp3) is 0.455. The van der Waals surface area contributed by atoms with Gasteiger partial charge in [-0.3, -0.25) is 4.79 Å². The predicted molar refractivity (Wildman–Crippen MR) is 115 cm³/mol. The lowest BCUT2D eigenvalue weighted by atomic mass is 9.92. The fourth-order valence-electron chi connectivity index (χ4n) is 3.67. The highest BCUT2D eigenvalue weighted by atomic mass is 32.1. The van der Waals surface area contributed by atoms with Gasteiger partial charge in [0.15, 0.2) is 0 Å². The number of rotatable bonds is 6. The number of aryl methyl sites for hydroxylation is 1. The van der Waals surface area contributed by atoms with Gasteiger partial charge >= 0.3 is 6.03 Å². The zero-order valence-corrected chi connectivity index (χ0v) is 18.4. The van der Waals surface area contributed by atoms with Crippen LogP contribution in [0.3, 0.4) is 0 Å². The molecule has 156 valence electrons. The summed E-state index contributed by atoms with van der Waals surface area (Å²) in [6.07, 6.45) is 0.848. The van der Waals surface area contributed by atoms with Gasteiger partial charge in [0.25, 0.3) is 0 Å². The van der Waals surface area contributed by atoms with Gasteiger partial charge in [-0.05, 0) is 35.9 Å². The summed E-state index contributed by atoms with van der Waals surface area (Å²) < 4.78 is 5.13. The van der Waals surface area contributed by atoms with E-state index in [0.717, 1.165) is 12.0 Å². The number of nitrogens with zero attached hydrogens (tertiary/aromatic N) is 3. The maximum absolute atomic E-state index is 13.4. The average molecular weight is 416 g/mol. The molecule has 1 aliphatic rings. The van der Waals surface area contributed by atoms with Crippen LogP contribution < -0.4 is 0 Å². The van der Waals surface area contributed by atoms with E-state index < -0.39 is 0 Å². The number of hydrogen-bond acceptors (Lipinski definition) is 4. The number of carbonyl (C=O) groups excluding carboxylic acids is 2. The Balaban J connectivity index is 1.87. The first-order chi connectivity index (χ1) is 13.9. The van der Waals surface area contributed by atoms with Crippen molar-refractivity contribution in [3.05, 3.63) is 57.3 Å². The third-order valence-electron chi connectivity index (χ3n) is 5.22. The van der Waals surface area contributed by atoms with E-state index in [1.807, 2.05) is 4.90 Å². The van der Waals surface area contributed by atoms with Crippen molar-refractivity contribution in [2.75, 3.05) is 47.4 Å². The van der Waals surface area contributed by atoms with Gasteiger partial charge in [-0.15, -0.1) is 11.3 Å². The van der Waals surface area contributed by atoms with E-state index in [0.29, 0.717) is 19.7 Å². The first kappa shape index (κ1) is 21.3. The molecule has 0 spiro atoms. The molecule has 6 nitrogen and oxygen atoms in total. The fourth-order valence-corrected chi connectivity index (χ4v) is 4.58. The Morgan fingerprint density at radius 2 is 1.93 bits per heavy atom. The van der Waals surface area contributed by atoms with E-state index in [1.165, 1.54) is 20.9 Å². The van der Waals surface area contributed by atoms with Gasteiger partial charge in [0, 0.05) is 39.2 Å². The first-order valence-corrected chi connectivity index (χ1v) is 10.7. The molecule has 0 radical (unpaired) electrons. The van der Waals surface area contributed by atoms with Gasteiger partial charge in [-0.2, -0.15) is 0 Å². The molecule has 0 N–H and O–H groups in total. The summed E-state index contributed by atoms with van der Waals surface area (Å²) in [4.78, 5) is 32.2. The van der Waals surface area contributed by atoms with Crippen molar-refractivity contribution in [1.29, 1.82) is 0 Å². The highest BCUT2D eigenvalue weighted by Crippen LogP contribution is 2.37. The Labute approximate surface area is 176 Å². The number of carbonyl (C=O) groups is 2. The standard InChI is InChI=1S/C22H29N3O3S/c1-16-5-7-17(8-6-16)21-18-10-14-29-19(18)9-11-25(21)20(26)15-24(12-13-28-4)22(27)23(2)3/h5-8,10,14,21H,9,11-13,15H2,1-4H3. The summed E-state index contributed by atoms with van der Waals surface area (Å²) in [5.41, 5.74) is 3.49. The molecule has 0 fully saturated rings. The third kappa shape index (κ3) is 4.79. The Bertz CT molecular complexity index is 847. The second kappa shape index (κ2) is 9.41. The minimum atomic E-state index is -0.185. The van der Waals surface area contributed by atoms with Crippen molar-refractivity contribution in [2.45, 2.75) is 19.4 Å². The molecule has 0 saturated carbocycles. The number of benzene rings is 1. The molecule has 0 saturated heterocycles. The Morgan fingerprint density at radius 1 is 1.21 bits per heavy atom. The van der Waals surface area contributed by atoms with E-state index in [9.17, 15) is 9.59 Å². The van der Waals surface area contributed by atoms with Crippen LogP contribution in [0.4, 0.5) is 4.79 Å². The van der Waals surface area contributed by atoms with Crippen molar-refractivity contribution >= 4 is 23.3 Å². The molecule has 1 unspecified atom stereocenters. The lowest BCUT2D eigenvalue weighted by Crippen LogP contribution is -2.49. The van der Waals surface area contributed by atoms with E-state index in [1.54, 1.807) is 37.4 Å². The zero-order valence-electron chi connectivity index (χ0n) is 17.6. The van der Waals surface area contributed by atoms with Crippen LogP contribution in [-0.4, -0.2) is 74.1 Å². The second-order valence-electron chi connectivity index (χ2n) is 7.54. The normalized spacial score (nSPS) is 15.7. The summed E-state index contributed by atoms with van der Waals surface area (Å²) >= 11 is 1.75. The molecule has 1 aromatic carbocycles. The van der Waals surface area contributed by atoms with Gasteiger partial charge in [-0.25, -0.2) is 4.79 Å². The first-order valence-electron chi connectivity index (χ1n) is 9.79. The molecule has 0 aliphatic carbocycles. The molecule has 1 atom stereocenters. The van der Waals surface area contributed by atoms with E-state index in [4.69, 9.17) is 4.74 Å². The number of ether oxygens (including phenoxy) is 1. The van der Waals surface area contributed by atoms with Gasteiger partial charge in [0.05, 0.1) is 12.6 Å². The number of urea groups is 1. The van der Waals surface area contributed by atoms with Crippen LogP contribution in [0.15, 0.2) is 35.7 Å². The van der Waals surface area contributed by atoms with E-state index in [2.05, 4.69) is 42.6 Å². The van der Waals surface area contributed by atoms with Crippen molar-refractivity contribution < 1.29 is 14.3 Å². The largest absolute Gasteiger partial charge is 0.383 e. The minimum Gasteiger partial charge on any atom is -0.383 e. The van der Waals surface area contributed by atoms with Gasteiger partial charge < -0.3 is 19.4 Å². The molecule has 3 amide bonds. The molecule has 1 aliphatic heterocycles. The third-order valence-corrected chi connectivity index (χ3v) is 6.22. The smallest absolute Gasteiger partial charge is 0.320 e. The zero-order chi connectivity index (χ0) is 21.0. The van der Waals surface area contributed by atoms with Crippen molar-refractivity contribution in [2.24, 2.45) is 0 Å². The van der Waals surface area contributed by atoms with Crippen LogP contribution in [0.2, 0.25) is 0 Å². The van der Waals surface area contributed by atoms with E-state index >= 15 is 0 Å². The molecule has 1 aromatic heterocycles. The number of thiophene rings is 1. The van der Waals surface area contributed by atoms with Crippen molar-refractivity contribution in [3.8, 4) is 0 Å². The summed E-state index contributed by atoms with van der Waals surface area (Å²) in [5.74, 6) is -0.0428. The van der Waals surface area contributed by atoms with Crippen molar-refractivity contribution in [1.82, 2.24) is 14.7 Å². The highest BCUT2D eigenvalue weighted by molar-refractivity contribution is 7.10. The Morgan fingerprint density at radius 3 is 2.59 bits per heavy atom.